The van der Waals surface area contributed by atoms with Crippen molar-refractivity contribution in [1.82, 2.24) is 16.0 Å². The van der Waals surface area contributed by atoms with E-state index in [0.29, 0.717) is 44.4 Å². The molecule has 11 heteroatoms. The van der Waals surface area contributed by atoms with Crippen molar-refractivity contribution < 1.29 is 33.4 Å². The lowest BCUT2D eigenvalue weighted by atomic mass is 9.97. The van der Waals surface area contributed by atoms with Gasteiger partial charge in [-0.25, -0.2) is 0 Å². The lowest BCUT2D eigenvalue weighted by Crippen LogP contribution is -2.56. The Kier molecular flexibility index (Phi) is 18.3. The molecule has 0 saturated heterocycles. The molecule has 0 fully saturated rings. The van der Waals surface area contributed by atoms with Gasteiger partial charge in [0.05, 0.1) is 6.42 Å². The number of esters is 1. The Morgan fingerprint density at radius 3 is 2.15 bits per heavy atom. The van der Waals surface area contributed by atoms with Crippen molar-refractivity contribution in [3.8, 4) is 5.75 Å². The molecular formula is C36H52N4O7. The molecule has 47 heavy (non-hydrogen) atoms. The van der Waals surface area contributed by atoms with Gasteiger partial charge >= 0.3 is 5.97 Å². The first-order valence-electron chi connectivity index (χ1n) is 16.7. The van der Waals surface area contributed by atoms with Gasteiger partial charge in [0.25, 0.3) is 0 Å². The van der Waals surface area contributed by atoms with Gasteiger partial charge in [0, 0.05) is 25.8 Å². The molecule has 3 atom stereocenters. The predicted octanol–water partition coefficient (Wildman–Crippen LogP) is 4.11. The summed E-state index contributed by atoms with van der Waals surface area (Å²) in [6.07, 6.45) is 6.31. The molecule has 0 radical (unpaired) electrons. The number of nitrogens with one attached hydrogen (secondary N) is 3. The van der Waals surface area contributed by atoms with Gasteiger partial charge in [0.1, 0.15) is 17.8 Å². The van der Waals surface area contributed by atoms with Gasteiger partial charge in [0.2, 0.25) is 30.4 Å². The molecule has 3 unspecified atom stereocenters. The van der Waals surface area contributed by atoms with Gasteiger partial charge in [-0.15, -0.1) is 0 Å². The van der Waals surface area contributed by atoms with E-state index >= 15 is 0 Å². The van der Waals surface area contributed by atoms with E-state index in [1.807, 2.05) is 44.2 Å². The minimum Gasteiger partial charge on any atom is -0.457 e. The SMILES string of the molecule is CCCCCC(=O)NC(Cc1ccc(OCOC(=O)Cc2ccccc2)cc1)C(=O)NC(C(=O)NCCCCCC(N)=O)C(C)CC. The van der Waals surface area contributed by atoms with Gasteiger partial charge in [-0.3, -0.25) is 24.0 Å². The lowest BCUT2D eigenvalue weighted by molar-refractivity contribution is -0.149. The summed E-state index contributed by atoms with van der Waals surface area (Å²) in [5.41, 5.74) is 6.80. The molecule has 2 rings (SSSR count). The molecule has 0 saturated carbocycles. The smallest absolute Gasteiger partial charge is 0.313 e. The number of amides is 4. The Morgan fingerprint density at radius 2 is 1.49 bits per heavy atom. The Hall–Kier alpha value is -4.41. The van der Waals surface area contributed by atoms with Crippen molar-refractivity contribution in [2.24, 2.45) is 11.7 Å². The second kappa shape index (κ2) is 22.2. The number of primary amides is 1. The summed E-state index contributed by atoms with van der Waals surface area (Å²) in [4.78, 5) is 62.5. The highest BCUT2D eigenvalue weighted by Crippen LogP contribution is 2.15. The summed E-state index contributed by atoms with van der Waals surface area (Å²) in [5.74, 6) is -1.37. The molecule has 5 N–H and O–H groups in total. The quantitative estimate of drug-likeness (QED) is 0.0797. The van der Waals surface area contributed by atoms with Crippen LogP contribution >= 0.6 is 0 Å². The maximum absolute atomic E-state index is 13.6. The molecule has 11 nitrogen and oxygen atoms in total. The van der Waals surface area contributed by atoms with Crippen LogP contribution in [0.25, 0.3) is 0 Å². The van der Waals surface area contributed by atoms with Crippen molar-refractivity contribution in [3.05, 3.63) is 65.7 Å². The highest BCUT2D eigenvalue weighted by atomic mass is 16.7. The van der Waals surface area contributed by atoms with Gasteiger partial charge < -0.3 is 31.2 Å². The highest BCUT2D eigenvalue weighted by molar-refractivity contribution is 5.92. The van der Waals surface area contributed by atoms with E-state index in [4.69, 9.17) is 15.2 Å². The van der Waals surface area contributed by atoms with Crippen LogP contribution in [0, 0.1) is 5.92 Å². The van der Waals surface area contributed by atoms with Crippen LogP contribution in [0.2, 0.25) is 0 Å². The molecule has 4 amide bonds. The molecule has 0 aliphatic rings. The average molecular weight is 653 g/mol. The van der Waals surface area contributed by atoms with Crippen LogP contribution in [0.1, 0.15) is 89.7 Å². The molecule has 0 heterocycles. The maximum atomic E-state index is 13.6. The second-order valence-electron chi connectivity index (χ2n) is 11.8. The molecule has 0 bridgehead atoms. The Bertz CT molecular complexity index is 1250. The van der Waals surface area contributed by atoms with Crippen LogP contribution in [-0.4, -0.2) is 55.0 Å². The van der Waals surface area contributed by atoms with E-state index in [1.54, 1.807) is 24.3 Å². The lowest BCUT2D eigenvalue weighted by Gasteiger charge is -2.26. The highest BCUT2D eigenvalue weighted by Gasteiger charge is 2.30. The van der Waals surface area contributed by atoms with Crippen LogP contribution in [0.3, 0.4) is 0 Å². The minimum atomic E-state index is -0.900. The predicted molar refractivity (Wildman–Crippen MR) is 180 cm³/mol. The first kappa shape index (κ1) is 38.8. The molecule has 2 aromatic rings. The van der Waals surface area contributed by atoms with Gasteiger partial charge in [-0.05, 0) is 48.4 Å². The number of hydrogen-bond donors (Lipinski definition) is 4. The number of unbranched alkanes of at least 4 members (excludes halogenated alkanes) is 4. The molecular weight excluding hydrogens is 600 g/mol. The summed E-state index contributed by atoms with van der Waals surface area (Å²) >= 11 is 0. The monoisotopic (exact) mass is 652 g/mol. The molecule has 0 aliphatic heterocycles. The van der Waals surface area contributed by atoms with Crippen LogP contribution in [0.15, 0.2) is 54.6 Å². The number of nitrogens with two attached hydrogens (primary N) is 1. The second-order valence-corrected chi connectivity index (χ2v) is 11.8. The number of ether oxygens (including phenoxy) is 2. The van der Waals surface area contributed by atoms with Crippen molar-refractivity contribution >= 4 is 29.6 Å². The maximum Gasteiger partial charge on any atom is 0.313 e. The summed E-state index contributed by atoms with van der Waals surface area (Å²) in [6, 6.07) is 14.6. The average Bonchev–Trinajstić information content (AvgIpc) is 3.05. The van der Waals surface area contributed by atoms with E-state index in [-0.39, 0.29) is 43.3 Å². The third-order valence-electron chi connectivity index (χ3n) is 7.85. The summed E-state index contributed by atoms with van der Waals surface area (Å²) in [6.45, 7) is 6.07. The van der Waals surface area contributed by atoms with E-state index in [9.17, 15) is 24.0 Å². The first-order valence-corrected chi connectivity index (χ1v) is 16.7. The first-order chi connectivity index (χ1) is 22.6. The molecule has 258 valence electrons. The van der Waals surface area contributed by atoms with E-state index in [0.717, 1.165) is 36.8 Å². The number of hydrogen-bond acceptors (Lipinski definition) is 7. The van der Waals surface area contributed by atoms with Crippen molar-refractivity contribution in [2.45, 2.75) is 103 Å². The number of benzene rings is 2. The largest absolute Gasteiger partial charge is 0.457 e. The van der Waals surface area contributed by atoms with Crippen molar-refractivity contribution in [3.63, 3.8) is 0 Å². The fraction of sp³-hybridized carbons (Fsp3) is 0.528. The summed E-state index contributed by atoms with van der Waals surface area (Å²) < 4.78 is 10.8. The number of carbonyl (C=O) groups is 5. The zero-order valence-corrected chi connectivity index (χ0v) is 28.1. The fourth-order valence-corrected chi connectivity index (χ4v) is 4.82. The Labute approximate surface area is 278 Å². The van der Waals surface area contributed by atoms with E-state index < -0.39 is 24.0 Å². The molecule has 0 spiro atoms. The third-order valence-corrected chi connectivity index (χ3v) is 7.85. The third kappa shape index (κ3) is 16.1. The van der Waals surface area contributed by atoms with Gasteiger partial charge in [0.15, 0.2) is 0 Å². The van der Waals surface area contributed by atoms with Crippen LogP contribution in [0.4, 0.5) is 0 Å². The number of rotatable bonds is 23. The molecule has 0 aromatic heterocycles. The van der Waals surface area contributed by atoms with Gasteiger partial charge in [-0.1, -0.05) is 88.9 Å². The van der Waals surface area contributed by atoms with Crippen LogP contribution < -0.4 is 26.4 Å². The Balaban J connectivity index is 2.01. The van der Waals surface area contributed by atoms with Crippen molar-refractivity contribution in [1.29, 1.82) is 0 Å². The van der Waals surface area contributed by atoms with E-state index in [1.165, 1.54) is 0 Å². The van der Waals surface area contributed by atoms with Crippen molar-refractivity contribution in [2.75, 3.05) is 13.3 Å². The number of carbonyl (C=O) groups excluding carboxylic acids is 5. The topological polar surface area (TPSA) is 166 Å². The molecule has 0 aliphatic carbocycles. The minimum absolute atomic E-state index is 0.145. The zero-order valence-electron chi connectivity index (χ0n) is 28.1. The fourth-order valence-electron chi connectivity index (χ4n) is 4.82. The summed E-state index contributed by atoms with van der Waals surface area (Å²) in [7, 11) is 0. The standard InChI is InChI=1S/C36H52N4O7/c1-4-6-9-17-32(42)39-30(35(44)40-34(26(3)5-2)36(45)38-22-13-8-12-16-31(37)41)23-28-18-20-29(21-19-28)46-25-47-33(43)24-27-14-10-7-11-15-27/h7,10-11,14-15,18-21,26,30,34H,4-6,8-9,12-13,16-17,22-25H2,1-3H3,(H2,37,41)(H,38,45)(H,39,42)(H,40,44). The van der Waals surface area contributed by atoms with Crippen LogP contribution in [0.5, 0.6) is 5.75 Å². The van der Waals surface area contributed by atoms with Gasteiger partial charge in [-0.2, -0.15) is 0 Å². The van der Waals surface area contributed by atoms with Crippen LogP contribution in [-0.2, 0) is 41.6 Å². The molecule has 2 aromatic carbocycles. The van der Waals surface area contributed by atoms with E-state index in [2.05, 4.69) is 22.9 Å². The normalized spacial score (nSPS) is 12.7. The zero-order chi connectivity index (χ0) is 34.4. The Morgan fingerprint density at radius 1 is 0.787 bits per heavy atom. The summed E-state index contributed by atoms with van der Waals surface area (Å²) in [5, 5.41) is 8.66.